The van der Waals surface area contributed by atoms with Gasteiger partial charge in [0, 0.05) is 23.8 Å². The number of carbonyl (C=O) groups is 1. The van der Waals surface area contributed by atoms with Gasteiger partial charge in [0.05, 0.1) is 6.61 Å². The molecule has 0 spiro atoms. The first-order valence-corrected chi connectivity index (χ1v) is 8.79. The molecule has 0 heterocycles. The molecule has 0 bridgehead atoms. The molecule has 0 aliphatic heterocycles. The third-order valence-electron chi connectivity index (χ3n) is 4.47. The highest BCUT2D eigenvalue weighted by Gasteiger charge is 2.11. The summed E-state index contributed by atoms with van der Waals surface area (Å²) in [7, 11) is 0. The van der Waals surface area contributed by atoms with Gasteiger partial charge in [0.2, 0.25) is 0 Å². The van der Waals surface area contributed by atoms with Crippen molar-refractivity contribution in [1.82, 2.24) is 4.90 Å². The molecule has 0 saturated carbocycles. The van der Waals surface area contributed by atoms with Crippen LogP contribution in [-0.2, 0) is 13.2 Å². The Morgan fingerprint density at radius 1 is 1.12 bits per heavy atom. The Bertz CT molecular complexity index is 708. The number of carbonyl (C=O) groups excluding carboxylic acids is 1. The summed E-state index contributed by atoms with van der Waals surface area (Å²) in [4.78, 5) is 14.9. The molecule has 0 aliphatic rings. The van der Waals surface area contributed by atoms with Gasteiger partial charge in [-0.2, -0.15) is 0 Å². The molecule has 4 nitrogen and oxygen atoms in total. The van der Waals surface area contributed by atoms with Gasteiger partial charge in [-0.1, -0.05) is 31.2 Å². The molecule has 0 unspecified atom stereocenters. The standard InChI is InChI=1S/C21H28N2O2/c1-5-23(15(2)3)13-17-8-10-19(11-9-17)21(25)22-20-12-18(14-24)7-6-16(20)4/h6-12,15,24H,5,13-14H2,1-4H3,(H,22,25). The van der Waals surface area contributed by atoms with Crippen LogP contribution in [0.4, 0.5) is 5.69 Å². The summed E-state index contributed by atoms with van der Waals surface area (Å²) in [6.45, 7) is 10.3. The third-order valence-corrected chi connectivity index (χ3v) is 4.47. The number of anilines is 1. The molecular weight excluding hydrogens is 312 g/mol. The lowest BCUT2D eigenvalue weighted by Crippen LogP contribution is -2.29. The maximum absolute atomic E-state index is 12.5. The summed E-state index contributed by atoms with van der Waals surface area (Å²) in [5.41, 5.74) is 4.32. The number of benzene rings is 2. The lowest BCUT2D eigenvalue weighted by Gasteiger charge is -2.24. The van der Waals surface area contributed by atoms with E-state index >= 15 is 0 Å². The number of hydrogen-bond acceptors (Lipinski definition) is 3. The molecule has 0 saturated heterocycles. The van der Waals surface area contributed by atoms with E-state index in [0.29, 0.717) is 11.6 Å². The minimum absolute atomic E-state index is 0.0401. The monoisotopic (exact) mass is 340 g/mol. The Labute approximate surface area is 150 Å². The van der Waals surface area contributed by atoms with Crippen LogP contribution in [0.2, 0.25) is 0 Å². The van der Waals surface area contributed by atoms with Gasteiger partial charge in [-0.15, -0.1) is 0 Å². The molecule has 2 aromatic carbocycles. The topological polar surface area (TPSA) is 52.6 Å². The fourth-order valence-electron chi connectivity index (χ4n) is 2.75. The summed E-state index contributed by atoms with van der Waals surface area (Å²) < 4.78 is 0. The highest BCUT2D eigenvalue weighted by molar-refractivity contribution is 6.04. The number of hydrogen-bond donors (Lipinski definition) is 2. The summed E-state index contributed by atoms with van der Waals surface area (Å²) in [5, 5.41) is 12.2. The molecule has 0 fully saturated rings. The average molecular weight is 340 g/mol. The van der Waals surface area contributed by atoms with Gasteiger partial charge in [0.25, 0.3) is 5.91 Å². The van der Waals surface area contributed by atoms with E-state index in [-0.39, 0.29) is 12.5 Å². The fourth-order valence-corrected chi connectivity index (χ4v) is 2.75. The molecule has 2 N–H and O–H groups in total. The van der Waals surface area contributed by atoms with Gasteiger partial charge in [-0.05, 0) is 62.2 Å². The minimum Gasteiger partial charge on any atom is -0.392 e. The summed E-state index contributed by atoms with van der Waals surface area (Å²) in [6.07, 6.45) is 0. The Hall–Kier alpha value is -2.17. The van der Waals surface area contributed by atoms with Crippen molar-refractivity contribution in [2.24, 2.45) is 0 Å². The summed E-state index contributed by atoms with van der Waals surface area (Å²) >= 11 is 0. The van der Waals surface area contributed by atoms with Gasteiger partial charge >= 0.3 is 0 Å². The molecule has 2 aromatic rings. The molecule has 1 amide bonds. The van der Waals surface area contributed by atoms with Crippen LogP contribution in [0, 0.1) is 6.92 Å². The van der Waals surface area contributed by atoms with Crippen LogP contribution >= 0.6 is 0 Å². The number of aliphatic hydroxyl groups is 1. The van der Waals surface area contributed by atoms with Crippen LogP contribution in [0.1, 0.15) is 47.8 Å². The minimum atomic E-state index is -0.138. The Morgan fingerprint density at radius 2 is 1.76 bits per heavy atom. The number of nitrogens with one attached hydrogen (secondary N) is 1. The van der Waals surface area contributed by atoms with Gasteiger partial charge in [0.1, 0.15) is 0 Å². The zero-order chi connectivity index (χ0) is 18.4. The molecule has 134 valence electrons. The third kappa shape index (κ3) is 5.15. The maximum Gasteiger partial charge on any atom is 0.255 e. The van der Waals surface area contributed by atoms with Crippen molar-refractivity contribution in [2.75, 3.05) is 11.9 Å². The van der Waals surface area contributed by atoms with Gasteiger partial charge in [-0.25, -0.2) is 0 Å². The smallest absolute Gasteiger partial charge is 0.255 e. The van der Waals surface area contributed by atoms with Crippen molar-refractivity contribution in [3.63, 3.8) is 0 Å². The lowest BCUT2D eigenvalue weighted by atomic mass is 10.1. The van der Waals surface area contributed by atoms with Crippen molar-refractivity contribution in [1.29, 1.82) is 0 Å². The zero-order valence-electron chi connectivity index (χ0n) is 15.5. The van der Waals surface area contributed by atoms with Crippen molar-refractivity contribution < 1.29 is 9.90 Å². The predicted molar refractivity (Wildman–Crippen MR) is 103 cm³/mol. The molecule has 4 heteroatoms. The number of rotatable bonds is 7. The highest BCUT2D eigenvalue weighted by atomic mass is 16.3. The normalized spacial score (nSPS) is 11.2. The van der Waals surface area contributed by atoms with Crippen LogP contribution in [0.5, 0.6) is 0 Å². The average Bonchev–Trinajstić information content (AvgIpc) is 2.61. The molecule has 0 radical (unpaired) electrons. The van der Waals surface area contributed by atoms with Crippen molar-refractivity contribution >= 4 is 11.6 Å². The fraction of sp³-hybridized carbons (Fsp3) is 0.381. The van der Waals surface area contributed by atoms with E-state index in [1.165, 1.54) is 5.56 Å². The quantitative estimate of drug-likeness (QED) is 0.802. The van der Waals surface area contributed by atoms with E-state index in [9.17, 15) is 9.90 Å². The van der Waals surface area contributed by atoms with E-state index in [0.717, 1.165) is 29.9 Å². The van der Waals surface area contributed by atoms with Gasteiger partial charge in [-0.3, -0.25) is 9.69 Å². The van der Waals surface area contributed by atoms with E-state index in [4.69, 9.17) is 0 Å². The van der Waals surface area contributed by atoms with Crippen molar-refractivity contribution in [2.45, 2.75) is 46.9 Å². The number of amides is 1. The maximum atomic E-state index is 12.5. The lowest BCUT2D eigenvalue weighted by molar-refractivity contribution is 0.102. The van der Waals surface area contributed by atoms with Crippen molar-refractivity contribution in [3.05, 3.63) is 64.7 Å². The zero-order valence-corrected chi connectivity index (χ0v) is 15.5. The van der Waals surface area contributed by atoms with Crippen molar-refractivity contribution in [3.8, 4) is 0 Å². The summed E-state index contributed by atoms with van der Waals surface area (Å²) in [6, 6.07) is 13.8. The van der Waals surface area contributed by atoms with Crippen LogP contribution in [0.25, 0.3) is 0 Å². The van der Waals surface area contributed by atoms with Gasteiger partial charge < -0.3 is 10.4 Å². The molecule has 0 aromatic heterocycles. The summed E-state index contributed by atoms with van der Waals surface area (Å²) in [5.74, 6) is -0.138. The Balaban J connectivity index is 2.08. The van der Waals surface area contributed by atoms with E-state index in [2.05, 4.69) is 31.0 Å². The molecule has 2 rings (SSSR count). The molecule has 0 aliphatic carbocycles. The van der Waals surface area contributed by atoms with Gasteiger partial charge in [0.15, 0.2) is 0 Å². The van der Waals surface area contributed by atoms with Crippen LogP contribution < -0.4 is 5.32 Å². The van der Waals surface area contributed by atoms with E-state index < -0.39 is 0 Å². The highest BCUT2D eigenvalue weighted by Crippen LogP contribution is 2.18. The second-order valence-corrected chi connectivity index (χ2v) is 6.62. The van der Waals surface area contributed by atoms with Crippen LogP contribution in [-0.4, -0.2) is 28.5 Å². The van der Waals surface area contributed by atoms with E-state index in [1.54, 1.807) is 0 Å². The first-order valence-electron chi connectivity index (χ1n) is 8.79. The molecular formula is C21H28N2O2. The Morgan fingerprint density at radius 3 is 2.32 bits per heavy atom. The largest absolute Gasteiger partial charge is 0.392 e. The first kappa shape index (κ1) is 19.2. The second-order valence-electron chi connectivity index (χ2n) is 6.62. The first-order chi connectivity index (χ1) is 11.9. The Kier molecular flexibility index (Phi) is 6.73. The number of aliphatic hydroxyl groups excluding tert-OH is 1. The number of nitrogens with zero attached hydrogens (tertiary/aromatic N) is 1. The molecule has 0 atom stereocenters. The SMILES string of the molecule is CCN(Cc1ccc(C(=O)Nc2cc(CO)ccc2C)cc1)C(C)C. The predicted octanol–water partition coefficient (Wildman–Crippen LogP) is 3.97. The van der Waals surface area contributed by atoms with E-state index in [1.807, 2.05) is 49.4 Å². The number of aryl methyl sites for hydroxylation is 1. The van der Waals surface area contributed by atoms with Crippen LogP contribution in [0.15, 0.2) is 42.5 Å². The van der Waals surface area contributed by atoms with Crippen LogP contribution in [0.3, 0.4) is 0 Å². The second kappa shape index (κ2) is 8.79. The molecule has 25 heavy (non-hydrogen) atoms.